The van der Waals surface area contributed by atoms with Crippen molar-refractivity contribution in [2.24, 2.45) is 4.99 Å². The third kappa shape index (κ3) is 8.95. The van der Waals surface area contributed by atoms with Crippen LogP contribution in [0.1, 0.15) is 31.1 Å². The Morgan fingerprint density at radius 2 is 1.97 bits per heavy atom. The Labute approximate surface area is 203 Å². The number of hydrogen-bond donors (Lipinski definition) is 2. The third-order valence-corrected chi connectivity index (χ3v) is 5.24. The molecule has 6 nitrogen and oxygen atoms in total. The summed E-state index contributed by atoms with van der Waals surface area (Å²) in [6.07, 6.45) is 4.75. The summed E-state index contributed by atoms with van der Waals surface area (Å²) in [5, 5.41) is 7.11. The molecule has 1 aromatic carbocycles. The van der Waals surface area contributed by atoms with Crippen molar-refractivity contribution in [2.75, 3.05) is 33.3 Å². The second-order valence-corrected chi connectivity index (χ2v) is 7.92. The number of guanidine groups is 1. The van der Waals surface area contributed by atoms with Crippen LogP contribution in [0.15, 0.2) is 64.2 Å². The van der Waals surface area contributed by atoms with Crippen molar-refractivity contribution in [3.8, 4) is 5.75 Å². The molecule has 0 amide bonds. The maximum Gasteiger partial charge on any atom is 0.191 e. The first-order chi connectivity index (χ1) is 14.6. The highest BCUT2D eigenvalue weighted by atomic mass is 127. The van der Waals surface area contributed by atoms with Crippen molar-refractivity contribution >= 4 is 29.9 Å². The standard InChI is InChI=1S/C24H34N4O2.HI/c1-19(2)18-28-14-11-21(12-15-28)27-24(25-13-10-23-5-4-16-30-23)26-17-20-6-8-22(29-3)9-7-20;/h4-9,16,21H,1,10-15,17-18H2,2-3H3,(H2,25,26,27);1H. The highest BCUT2D eigenvalue weighted by Crippen LogP contribution is 2.13. The van der Waals surface area contributed by atoms with Gasteiger partial charge in [-0.1, -0.05) is 24.3 Å². The molecule has 0 unspecified atom stereocenters. The average molecular weight is 538 g/mol. The van der Waals surface area contributed by atoms with Crippen LogP contribution in [0.2, 0.25) is 0 Å². The summed E-state index contributed by atoms with van der Waals surface area (Å²) in [6.45, 7) is 10.7. The number of methoxy groups -OCH3 is 1. The molecule has 1 saturated heterocycles. The van der Waals surface area contributed by atoms with Gasteiger partial charge in [-0.05, 0) is 49.6 Å². The van der Waals surface area contributed by atoms with E-state index in [1.54, 1.807) is 13.4 Å². The first-order valence-electron chi connectivity index (χ1n) is 10.7. The maximum atomic E-state index is 5.44. The fourth-order valence-electron chi connectivity index (χ4n) is 3.62. The normalized spacial score (nSPS) is 15.2. The Morgan fingerprint density at radius 3 is 2.58 bits per heavy atom. The van der Waals surface area contributed by atoms with Crippen LogP contribution in [-0.2, 0) is 13.0 Å². The van der Waals surface area contributed by atoms with E-state index in [0.29, 0.717) is 12.6 Å². The van der Waals surface area contributed by atoms with Crippen LogP contribution in [0.5, 0.6) is 5.75 Å². The number of nitrogens with zero attached hydrogens (tertiary/aromatic N) is 2. The zero-order valence-corrected chi connectivity index (χ0v) is 20.9. The minimum atomic E-state index is 0. The molecule has 0 radical (unpaired) electrons. The SMILES string of the molecule is C=C(C)CN1CCC(NC(=NCc2ccc(OC)cc2)NCCc2ccco2)CC1.I. The second-order valence-electron chi connectivity index (χ2n) is 7.92. The first-order valence-corrected chi connectivity index (χ1v) is 10.7. The Morgan fingerprint density at radius 1 is 1.23 bits per heavy atom. The summed E-state index contributed by atoms with van der Waals surface area (Å²) in [6, 6.07) is 12.4. The summed E-state index contributed by atoms with van der Waals surface area (Å²) in [5.74, 6) is 2.69. The van der Waals surface area contributed by atoms with Gasteiger partial charge in [0.15, 0.2) is 5.96 Å². The van der Waals surface area contributed by atoms with Gasteiger partial charge in [-0.2, -0.15) is 0 Å². The van der Waals surface area contributed by atoms with Gasteiger partial charge in [-0.15, -0.1) is 24.0 Å². The van der Waals surface area contributed by atoms with Gasteiger partial charge in [-0.25, -0.2) is 4.99 Å². The molecule has 1 fully saturated rings. The van der Waals surface area contributed by atoms with E-state index in [2.05, 4.69) is 41.2 Å². The molecular formula is C24H35IN4O2. The van der Waals surface area contributed by atoms with Gasteiger partial charge in [0.2, 0.25) is 0 Å². The molecule has 7 heteroatoms. The Kier molecular flexibility index (Phi) is 10.9. The van der Waals surface area contributed by atoms with Crippen molar-refractivity contribution in [3.63, 3.8) is 0 Å². The quantitative estimate of drug-likeness (QED) is 0.217. The minimum Gasteiger partial charge on any atom is -0.497 e. The lowest BCUT2D eigenvalue weighted by Gasteiger charge is -2.33. The monoisotopic (exact) mass is 538 g/mol. The topological polar surface area (TPSA) is 62.0 Å². The van der Waals surface area contributed by atoms with Gasteiger partial charge in [0.1, 0.15) is 11.5 Å². The van der Waals surface area contributed by atoms with Gasteiger partial charge < -0.3 is 19.8 Å². The van der Waals surface area contributed by atoms with Gasteiger partial charge in [0.25, 0.3) is 0 Å². The number of hydrogen-bond acceptors (Lipinski definition) is 4. The van der Waals surface area contributed by atoms with E-state index in [1.165, 1.54) is 5.57 Å². The number of halogens is 1. The Hall–Kier alpha value is -2.00. The molecule has 0 atom stereocenters. The van der Waals surface area contributed by atoms with E-state index in [4.69, 9.17) is 14.1 Å². The minimum absolute atomic E-state index is 0. The zero-order valence-electron chi connectivity index (χ0n) is 18.6. The van der Waals surface area contributed by atoms with E-state index >= 15 is 0 Å². The first kappa shape index (κ1) is 25.3. The molecule has 3 rings (SSSR count). The molecule has 0 saturated carbocycles. The molecular weight excluding hydrogens is 503 g/mol. The van der Waals surface area contributed by atoms with Gasteiger partial charge in [0.05, 0.1) is 19.9 Å². The lowest BCUT2D eigenvalue weighted by molar-refractivity contribution is 0.221. The summed E-state index contributed by atoms with van der Waals surface area (Å²) >= 11 is 0. The van der Waals surface area contributed by atoms with E-state index in [9.17, 15) is 0 Å². The van der Waals surface area contributed by atoms with Crippen LogP contribution in [0.4, 0.5) is 0 Å². The summed E-state index contributed by atoms with van der Waals surface area (Å²) in [5.41, 5.74) is 2.38. The van der Waals surface area contributed by atoms with Crippen LogP contribution < -0.4 is 15.4 Å². The smallest absolute Gasteiger partial charge is 0.191 e. The van der Waals surface area contributed by atoms with Crippen LogP contribution in [0, 0.1) is 0 Å². The predicted molar refractivity (Wildman–Crippen MR) is 137 cm³/mol. The van der Waals surface area contributed by atoms with Crippen LogP contribution >= 0.6 is 24.0 Å². The number of furan rings is 1. The van der Waals surface area contributed by atoms with Crippen LogP contribution in [0.3, 0.4) is 0 Å². The summed E-state index contributed by atoms with van der Waals surface area (Å²) < 4.78 is 10.7. The van der Waals surface area contributed by atoms with E-state index in [-0.39, 0.29) is 24.0 Å². The molecule has 2 heterocycles. The van der Waals surface area contributed by atoms with Gasteiger partial charge >= 0.3 is 0 Å². The fraction of sp³-hybridized carbons (Fsp3) is 0.458. The summed E-state index contributed by atoms with van der Waals surface area (Å²) in [4.78, 5) is 7.30. The molecule has 2 N–H and O–H groups in total. The molecule has 0 spiro atoms. The Bertz CT molecular complexity index is 797. The van der Waals surface area contributed by atoms with Crippen molar-refractivity contribution in [2.45, 2.75) is 38.8 Å². The maximum absolute atomic E-state index is 5.44. The molecule has 2 aromatic rings. The van der Waals surface area contributed by atoms with E-state index in [0.717, 1.165) is 68.5 Å². The number of likely N-dealkylation sites (tertiary alicyclic amines) is 1. The molecule has 1 aliphatic heterocycles. The number of benzene rings is 1. The van der Waals surface area contributed by atoms with Crippen molar-refractivity contribution < 1.29 is 9.15 Å². The molecule has 0 aliphatic carbocycles. The second kappa shape index (κ2) is 13.4. The van der Waals surface area contributed by atoms with Crippen molar-refractivity contribution in [1.29, 1.82) is 0 Å². The van der Waals surface area contributed by atoms with Gasteiger partial charge in [0, 0.05) is 38.6 Å². The number of rotatable bonds is 9. The molecule has 1 aromatic heterocycles. The van der Waals surface area contributed by atoms with E-state index in [1.807, 2.05) is 24.3 Å². The van der Waals surface area contributed by atoms with E-state index < -0.39 is 0 Å². The molecule has 1 aliphatic rings. The molecule has 170 valence electrons. The van der Waals surface area contributed by atoms with Crippen LogP contribution in [-0.4, -0.2) is 50.2 Å². The molecule has 0 bridgehead atoms. The van der Waals surface area contributed by atoms with Crippen molar-refractivity contribution in [1.82, 2.24) is 15.5 Å². The molecule has 31 heavy (non-hydrogen) atoms. The average Bonchev–Trinajstić information content (AvgIpc) is 3.27. The zero-order chi connectivity index (χ0) is 21.2. The highest BCUT2D eigenvalue weighted by Gasteiger charge is 2.19. The predicted octanol–water partition coefficient (Wildman–Crippen LogP) is 4.22. The van der Waals surface area contributed by atoms with Crippen molar-refractivity contribution in [3.05, 3.63) is 66.1 Å². The third-order valence-electron chi connectivity index (χ3n) is 5.24. The largest absolute Gasteiger partial charge is 0.497 e. The number of nitrogens with one attached hydrogen (secondary N) is 2. The summed E-state index contributed by atoms with van der Waals surface area (Å²) in [7, 11) is 1.68. The van der Waals surface area contributed by atoms with Crippen LogP contribution in [0.25, 0.3) is 0 Å². The van der Waals surface area contributed by atoms with Gasteiger partial charge in [-0.3, -0.25) is 4.90 Å². The lowest BCUT2D eigenvalue weighted by atomic mass is 10.0. The number of piperidine rings is 1. The highest BCUT2D eigenvalue weighted by molar-refractivity contribution is 14.0. The Balaban J connectivity index is 0.00000341. The number of ether oxygens (including phenoxy) is 1. The lowest BCUT2D eigenvalue weighted by Crippen LogP contribution is -2.49. The number of aliphatic imine (C=N–C) groups is 1. The fourth-order valence-corrected chi connectivity index (χ4v) is 3.62.